The van der Waals surface area contributed by atoms with E-state index in [0.717, 1.165) is 16.7 Å². The molecule has 0 fully saturated rings. The SMILES string of the molecule is C=Cc1cccc(-c2cn[nH]c(=O)c2OC(C)C)c1C=C. The molecule has 1 aromatic carbocycles. The van der Waals surface area contributed by atoms with Gasteiger partial charge in [0.05, 0.1) is 17.9 Å². The summed E-state index contributed by atoms with van der Waals surface area (Å²) < 4.78 is 5.66. The van der Waals surface area contributed by atoms with Crippen molar-refractivity contribution in [3.05, 3.63) is 59.0 Å². The molecular formula is C17H18N2O2. The lowest BCUT2D eigenvalue weighted by Crippen LogP contribution is -2.18. The van der Waals surface area contributed by atoms with Gasteiger partial charge in [0.2, 0.25) is 0 Å². The van der Waals surface area contributed by atoms with Crippen LogP contribution in [0.25, 0.3) is 23.3 Å². The molecule has 0 atom stereocenters. The van der Waals surface area contributed by atoms with Crippen LogP contribution in [0.1, 0.15) is 25.0 Å². The molecule has 1 N–H and O–H groups in total. The monoisotopic (exact) mass is 282 g/mol. The molecule has 0 aliphatic carbocycles. The van der Waals surface area contributed by atoms with E-state index in [4.69, 9.17) is 4.74 Å². The first-order valence-electron chi connectivity index (χ1n) is 6.71. The van der Waals surface area contributed by atoms with Gasteiger partial charge in [0, 0.05) is 0 Å². The van der Waals surface area contributed by atoms with Gasteiger partial charge in [-0.2, -0.15) is 5.10 Å². The van der Waals surface area contributed by atoms with Crippen LogP contribution in [0.5, 0.6) is 5.75 Å². The highest BCUT2D eigenvalue weighted by atomic mass is 16.5. The summed E-state index contributed by atoms with van der Waals surface area (Å²) in [7, 11) is 0. The highest BCUT2D eigenvalue weighted by Crippen LogP contribution is 2.32. The van der Waals surface area contributed by atoms with Gasteiger partial charge in [-0.05, 0) is 30.5 Å². The number of hydrogen-bond acceptors (Lipinski definition) is 3. The Kier molecular flexibility index (Phi) is 4.38. The van der Waals surface area contributed by atoms with Crippen LogP contribution in [0.15, 0.2) is 42.3 Å². The number of hydrogen-bond donors (Lipinski definition) is 1. The third kappa shape index (κ3) is 2.94. The number of nitrogens with zero attached hydrogens (tertiary/aromatic N) is 1. The van der Waals surface area contributed by atoms with Gasteiger partial charge >= 0.3 is 5.56 Å². The van der Waals surface area contributed by atoms with Crippen LogP contribution >= 0.6 is 0 Å². The quantitative estimate of drug-likeness (QED) is 0.913. The largest absolute Gasteiger partial charge is 0.485 e. The van der Waals surface area contributed by atoms with Gasteiger partial charge in [-0.3, -0.25) is 4.79 Å². The number of benzene rings is 1. The number of H-pyrrole nitrogens is 1. The number of nitrogens with one attached hydrogen (secondary N) is 1. The van der Waals surface area contributed by atoms with Crippen LogP contribution in [-0.2, 0) is 0 Å². The third-order valence-electron chi connectivity index (χ3n) is 3.02. The topological polar surface area (TPSA) is 55.0 Å². The Morgan fingerprint density at radius 1 is 1.24 bits per heavy atom. The van der Waals surface area contributed by atoms with Crippen molar-refractivity contribution in [2.75, 3.05) is 0 Å². The van der Waals surface area contributed by atoms with Crippen molar-refractivity contribution in [3.8, 4) is 16.9 Å². The normalized spacial score (nSPS) is 10.4. The molecule has 1 heterocycles. The Morgan fingerprint density at radius 3 is 2.62 bits per heavy atom. The number of aromatic amines is 1. The highest BCUT2D eigenvalue weighted by Gasteiger charge is 2.15. The molecule has 0 saturated heterocycles. The van der Waals surface area contributed by atoms with Crippen molar-refractivity contribution in [1.29, 1.82) is 0 Å². The molecule has 0 aliphatic rings. The lowest BCUT2D eigenvalue weighted by Gasteiger charge is -2.15. The van der Waals surface area contributed by atoms with Crippen LogP contribution in [0.3, 0.4) is 0 Å². The summed E-state index contributed by atoms with van der Waals surface area (Å²) in [5.41, 5.74) is 2.98. The van der Waals surface area contributed by atoms with E-state index >= 15 is 0 Å². The molecule has 108 valence electrons. The second-order valence-corrected chi connectivity index (χ2v) is 4.83. The fourth-order valence-electron chi connectivity index (χ4n) is 2.16. The van der Waals surface area contributed by atoms with E-state index in [1.54, 1.807) is 18.3 Å². The molecule has 0 unspecified atom stereocenters. The molecular weight excluding hydrogens is 264 g/mol. The Labute approximate surface area is 123 Å². The Bertz CT molecular complexity index is 730. The van der Waals surface area contributed by atoms with Crippen LogP contribution in [-0.4, -0.2) is 16.3 Å². The van der Waals surface area contributed by atoms with Crippen molar-refractivity contribution in [2.24, 2.45) is 0 Å². The maximum atomic E-state index is 12.0. The fourth-order valence-corrected chi connectivity index (χ4v) is 2.16. The molecule has 2 aromatic rings. The minimum atomic E-state index is -0.347. The van der Waals surface area contributed by atoms with Crippen molar-refractivity contribution >= 4 is 12.2 Å². The summed E-state index contributed by atoms with van der Waals surface area (Å²) in [6, 6.07) is 5.75. The molecule has 0 spiro atoms. The number of ether oxygens (including phenoxy) is 1. The minimum Gasteiger partial charge on any atom is -0.485 e. The van der Waals surface area contributed by atoms with E-state index in [9.17, 15) is 4.79 Å². The van der Waals surface area contributed by atoms with Crippen molar-refractivity contribution in [2.45, 2.75) is 20.0 Å². The molecule has 0 bridgehead atoms. The molecule has 0 amide bonds. The van der Waals surface area contributed by atoms with E-state index in [-0.39, 0.29) is 17.4 Å². The van der Waals surface area contributed by atoms with E-state index in [2.05, 4.69) is 23.4 Å². The first-order valence-corrected chi connectivity index (χ1v) is 6.71. The van der Waals surface area contributed by atoms with Gasteiger partial charge in [0.1, 0.15) is 0 Å². The van der Waals surface area contributed by atoms with Crippen LogP contribution in [0.4, 0.5) is 0 Å². The van der Waals surface area contributed by atoms with Crippen LogP contribution < -0.4 is 10.3 Å². The van der Waals surface area contributed by atoms with Crippen molar-refractivity contribution < 1.29 is 4.74 Å². The molecule has 0 saturated carbocycles. The van der Waals surface area contributed by atoms with Gasteiger partial charge < -0.3 is 4.74 Å². The van der Waals surface area contributed by atoms with E-state index < -0.39 is 0 Å². The second kappa shape index (κ2) is 6.22. The van der Waals surface area contributed by atoms with Gasteiger partial charge in [-0.15, -0.1) is 0 Å². The zero-order valence-electron chi connectivity index (χ0n) is 12.2. The Morgan fingerprint density at radius 2 is 2.00 bits per heavy atom. The van der Waals surface area contributed by atoms with Gasteiger partial charge in [-0.1, -0.05) is 43.5 Å². The zero-order chi connectivity index (χ0) is 15.4. The van der Waals surface area contributed by atoms with Crippen LogP contribution in [0, 0.1) is 0 Å². The first-order chi connectivity index (χ1) is 10.1. The van der Waals surface area contributed by atoms with Crippen molar-refractivity contribution in [1.82, 2.24) is 10.2 Å². The second-order valence-electron chi connectivity index (χ2n) is 4.83. The van der Waals surface area contributed by atoms with Crippen LogP contribution in [0.2, 0.25) is 0 Å². The summed E-state index contributed by atoms with van der Waals surface area (Å²) >= 11 is 0. The molecule has 4 heteroatoms. The first kappa shape index (κ1) is 14.8. The smallest absolute Gasteiger partial charge is 0.307 e. The summed E-state index contributed by atoms with van der Waals surface area (Å²) in [4.78, 5) is 12.0. The molecule has 2 rings (SSSR count). The summed E-state index contributed by atoms with van der Waals surface area (Å²) in [6.45, 7) is 11.4. The van der Waals surface area contributed by atoms with Crippen molar-refractivity contribution in [3.63, 3.8) is 0 Å². The summed E-state index contributed by atoms with van der Waals surface area (Å²) in [5.74, 6) is 0.268. The predicted octanol–water partition coefficient (Wildman–Crippen LogP) is 3.51. The maximum absolute atomic E-state index is 12.0. The Hall–Kier alpha value is -2.62. The lowest BCUT2D eigenvalue weighted by atomic mass is 9.96. The third-order valence-corrected chi connectivity index (χ3v) is 3.02. The predicted molar refractivity (Wildman–Crippen MR) is 86.2 cm³/mol. The molecule has 21 heavy (non-hydrogen) atoms. The molecule has 0 radical (unpaired) electrons. The maximum Gasteiger partial charge on any atom is 0.307 e. The average molecular weight is 282 g/mol. The van der Waals surface area contributed by atoms with Gasteiger partial charge in [0.25, 0.3) is 0 Å². The van der Waals surface area contributed by atoms with E-state index in [1.807, 2.05) is 32.0 Å². The minimum absolute atomic E-state index is 0.109. The van der Waals surface area contributed by atoms with Gasteiger partial charge in [-0.25, -0.2) is 5.10 Å². The average Bonchev–Trinajstić information content (AvgIpc) is 2.48. The standard InChI is InChI=1S/C17H18N2O2/c1-5-12-8-7-9-14(13(12)6-2)15-10-18-19-17(20)16(15)21-11(3)4/h5-11H,1-2H2,3-4H3,(H,19,20). The molecule has 0 aliphatic heterocycles. The van der Waals surface area contributed by atoms with E-state index in [0.29, 0.717) is 5.56 Å². The van der Waals surface area contributed by atoms with Gasteiger partial charge in [0.15, 0.2) is 5.75 Å². The van der Waals surface area contributed by atoms with E-state index in [1.165, 1.54) is 0 Å². The summed E-state index contributed by atoms with van der Waals surface area (Å²) in [5, 5.41) is 6.29. The fraction of sp³-hybridized carbons (Fsp3) is 0.176. The lowest BCUT2D eigenvalue weighted by molar-refractivity contribution is 0.239. The molecule has 4 nitrogen and oxygen atoms in total. The highest BCUT2D eigenvalue weighted by molar-refractivity contribution is 5.82. The zero-order valence-corrected chi connectivity index (χ0v) is 12.2. The Balaban J connectivity index is 2.73. The molecule has 1 aromatic heterocycles. The summed E-state index contributed by atoms with van der Waals surface area (Å²) in [6.07, 6.45) is 4.98. The number of rotatable bonds is 5. The number of aromatic nitrogens is 2.